The number of benzene rings is 2. The zero-order valence-electron chi connectivity index (χ0n) is 11.1. The third-order valence-electron chi connectivity index (χ3n) is 2.87. The van der Waals surface area contributed by atoms with Crippen molar-refractivity contribution in [1.29, 1.82) is 0 Å². The molecule has 3 nitrogen and oxygen atoms in total. The summed E-state index contributed by atoms with van der Waals surface area (Å²) in [4.78, 5) is 12.3. The van der Waals surface area contributed by atoms with Crippen LogP contribution in [0.2, 0.25) is 5.02 Å². The molecule has 0 aliphatic rings. The Morgan fingerprint density at radius 2 is 1.90 bits per heavy atom. The molecule has 0 unspecified atom stereocenters. The minimum absolute atomic E-state index is 0.200. The fourth-order valence-electron chi connectivity index (χ4n) is 1.85. The Morgan fingerprint density at radius 1 is 1.15 bits per heavy atom. The molecule has 0 heterocycles. The van der Waals surface area contributed by atoms with Crippen molar-refractivity contribution in [1.82, 2.24) is 0 Å². The van der Waals surface area contributed by atoms with Crippen LogP contribution in [0.3, 0.4) is 0 Å². The predicted octanol–water partition coefficient (Wildman–Crippen LogP) is 4.70. The van der Waals surface area contributed by atoms with Crippen molar-refractivity contribution < 1.29 is 4.79 Å². The van der Waals surface area contributed by atoms with Crippen molar-refractivity contribution in [2.45, 2.75) is 6.92 Å². The molecule has 0 spiro atoms. The predicted molar refractivity (Wildman–Crippen MR) is 87.8 cm³/mol. The van der Waals surface area contributed by atoms with Gasteiger partial charge in [-0.15, -0.1) is 0 Å². The monoisotopic (exact) mass is 352 g/mol. The van der Waals surface area contributed by atoms with Crippen LogP contribution >= 0.6 is 27.5 Å². The van der Waals surface area contributed by atoms with E-state index in [9.17, 15) is 4.79 Å². The molecule has 0 radical (unpaired) electrons. The van der Waals surface area contributed by atoms with Gasteiger partial charge in [0.15, 0.2) is 0 Å². The molecule has 1 amide bonds. The number of amides is 1. The Hall–Kier alpha value is -1.52. The van der Waals surface area contributed by atoms with E-state index in [0.29, 0.717) is 16.3 Å². The lowest BCUT2D eigenvalue weighted by molar-refractivity contribution is 0.102. The van der Waals surface area contributed by atoms with Crippen LogP contribution in [0.1, 0.15) is 15.9 Å². The Balaban J connectivity index is 2.30. The summed E-state index contributed by atoms with van der Waals surface area (Å²) >= 11 is 9.43. The third kappa shape index (κ3) is 3.32. The zero-order valence-corrected chi connectivity index (χ0v) is 13.5. The van der Waals surface area contributed by atoms with Crippen molar-refractivity contribution in [2.24, 2.45) is 0 Å². The van der Waals surface area contributed by atoms with Crippen LogP contribution in [0.4, 0.5) is 11.4 Å². The van der Waals surface area contributed by atoms with Crippen molar-refractivity contribution in [3.8, 4) is 0 Å². The van der Waals surface area contributed by atoms with Gasteiger partial charge in [-0.1, -0.05) is 33.6 Å². The smallest absolute Gasteiger partial charge is 0.257 e. The van der Waals surface area contributed by atoms with Gasteiger partial charge in [0.2, 0.25) is 0 Å². The molecule has 0 fully saturated rings. The van der Waals surface area contributed by atoms with Crippen LogP contribution in [0.15, 0.2) is 40.9 Å². The standard InChI is InChI=1S/C15H14BrClN2O/c1-9-3-5-11(13(7-9)18-2)15(20)19-14-8-10(16)4-6-12(14)17/h3-8,18H,1-2H3,(H,19,20). The number of anilines is 2. The first kappa shape index (κ1) is 14.9. The van der Waals surface area contributed by atoms with E-state index in [1.807, 2.05) is 25.1 Å². The second-order valence-corrected chi connectivity index (χ2v) is 5.70. The van der Waals surface area contributed by atoms with E-state index in [0.717, 1.165) is 15.7 Å². The second-order valence-electron chi connectivity index (χ2n) is 4.38. The Bertz CT molecular complexity index is 658. The number of halogens is 2. The normalized spacial score (nSPS) is 10.2. The molecule has 2 aromatic carbocycles. The lowest BCUT2D eigenvalue weighted by atomic mass is 10.1. The number of carbonyl (C=O) groups is 1. The maximum absolute atomic E-state index is 12.3. The highest BCUT2D eigenvalue weighted by atomic mass is 79.9. The Morgan fingerprint density at radius 3 is 2.60 bits per heavy atom. The van der Waals surface area contributed by atoms with Crippen molar-refractivity contribution in [3.63, 3.8) is 0 Å². The van der Waals surface area contributed by atoms with Gasteiger partial charge in [0, 0.05) is 17.2 Å². The molecule has 0 saturated carbocycles. The Labute approximate surface area is 131 Å². The molecule has 0 aliphatic heterocycles. The average Bonchev–Trinajstić information content (AvgIpc) is 2.42. The molecule has 0 aliphatic carbocycles. The molecule has 0 aromatic heterocycles. The van der Waals surface area contributed by atoms with Crippen LogP contribution in [0, 0.1) is 6.92 Å². The van der Waals surface area contributed by atoms with Gasteiger partial charge in [0.05, 0.1) is 16.3 Å². The molecular weight excluding hydrogens is 340 g/mol. The van der Waals surface area contributed by atoms with Gasteiger partial charge in [0.25, 0.3) is 5.91 Å². The van der Waals surface area contributed by atoms with E-state index in [4.69, 9.17) is 11.6 Å². The number of aryl methyl sites for hydroxylation is 1. The average molecular weight is 354 g/mol. The zero-order chi connectivity index (χ0) is 14.7. The highest BCUT2D eigenvalue weighted by molar-refractivity contribution is 9.10. The van der Waals surface area contributed by atoms with E-state index in [2.05, 4.69) is 26.6 Å². The van der Waals surface area contributed by atoms with Gasteiger partial charge in [-0.2, -0.15) is 0 Å². The molecule has 0 bridgehead atoms. The molecular formula is C15H14BrClN2O. The quantitative estimate of drug-likeness (QED) is 0.839. The molecule has 5 heteroatoms. The SMILES string of the molecule is CNc1cc(C)ccc1C(=O)Nc1cc(Br)ccc1Cl. The maximum Gasteiger partial charge on any atom is 0.257 e. The van der Waals surface area contributed by atoms with Gasteiger partial charge < -0.3 is 10.6 Å². The van der Waals surface area contributed by atoms with E-state index in [1.54, 1.807) is 25.2 Å². The fourth-order valence-corrected chi connectivity index (χ4v) is 2.37. The lowest BCUT2D eigenvalue weighted by Crippen LogP contribution is -2.14. The van der Waals surface area contributed by atoms with Crippen molar-refractivity contribution in [3.05, 3.63) is 57.0 Å². The lowest BCUT2D eigenvalue weighted by Gasteiger charge is -2.12. The summed E-state index contributed by atoms with van der Waals surface area (Å²) < 4.78 is 0.856. The van der Waals surface area contributed by atoms with Crippen LogP contribution < -0.4 is 10.6 Å². The molecule has 2 rings (SSSR count). The van der Waals surface area contributed by atoms with Crippen LogP contribution in [0.5, 0.6) is 0 Å². The van der Waals surface area contributed by atoms with E-state index in [-0.39, 0.29) is 5.91 Å². The van der Waals surface area contributed by atoms with Gasteiger partial charge in [-0.05, 0) is 42.8 Å². The molecule has 20 heavy (non-hydrogen) atoms. The van der Waals surface area contributed by atoms with E-state index in [1.165, 1.54) is 0 Å². The summed E-state index contributed by atoms with van der Waals surface area (Å²) in [5, 5.41) is 6.35. The van der Waals surface area contributed by atoms with E-state index < -0.39 is 0 Å². The summed E-state index contributed by atoms with van der Waals surface area (Å²) in [6.45, 7) is 1.98. The summed E-state index contributed by atoms with van der Waals surface area (Å²) in [7, 11) is 1.79. The van der Waals surface area contributed by atoms with Gasteiger partial charge in [-0.25, -0.2) is 0 Å². The molecule has 2 N–H and O–H groups in total. The number of rotatable bonds is 3. The van der Waals surface area contributed by atoms with Gasteiger partial charge >= 0.3 is 0 Å². The first-order chi connectivity index (χ1) is 9.51. The Kier molecular flexibility index (Phi) is 4.68. The first-order valence-corrected chi connectivity index (χ1v) is 7.23. The number of hydrogen-bond acceptors (Lipinski definition) is 2. The minimum Gasteiger partial charge on any atom is -0.387 e. The molecule has 104 valence electrons. The molecule has 0 atom stereocenters. The van der Waals surface area contributed by atoms with E-state index >= 15 is 0 Å². The van der Waals surface area contributed by atoms with Crippen molar-refractivity contribution in [2.75, 3.05) is 17.7 Å². The maximum atomic E-state index is 12.3. The van der Waals surface area contributed by atoms with Gasteiger partial charge in [0.1, 0.15) is 0 Å². The second kappa shape index (κ2) is 6.29. The largest absolute Gasteiger partial charge is 0.387 e. The summed E-state index contributed by atoms with van der Waals surface area (Å²) in [6, 6.07) is 10.9. The number of hydrogen-bond donors (Lipinski definition) is 2. The van der Waals surface area contributed by atoms with Crippen LogP contribution in [-0.2, 0) is 0 Å². The van der Waals surface area contributed by atoms with Gasteiger partial charge in [-0.3, -0.25) is 4.79 Å². The third-order valence-corrected chi connectivity index (χ3v) is 3.69. The first-order valence-electron chi connectivity index (χ1n) is 6.06. The highest BCUT2D eigenvalue weighted by Crippen LogP contribution is 2.27. The molecule has 2 aromatic rings. The highest BCUT2D eigenvalue weighted by Gasteiger charge is 2.12. The molecule has 0 saturated heterocycles. The summed E-state index contributed by atoms with van der Waals surface area (Å²) in [5.74, 6) is -0.200. The minimum atomic E-state index is -0.200. The number of nitrogens with one attached hydrogen (secondary N) is 2. The van der Waals surface area contributed by atoms with Crippen molar-refractivity contribution >= 4 is 44.8 Å². The topological polar surface area (TPSA) is 41.1 Å². The van der Waals surface area contributed by atoms with Crippen LogP contribution in [0.25, 0.3) is 0 Å². The fraction of sp³-hybridized carbons (Fsp3) is 0.133. The number of carbonyl (C=O) groups excluding carboxylic acids is 1. The summed E-state index contributed by atoms with van der Waals surface area (Å²) in [5.41, 5.74) is 3.03. The van der Waals surface area contributed by atoms with Crippen LogP contribution in [-0.4, -0.2) is 13.0 Å². The summed E-state index contributed by atoms with van der Waals surface area (Å²) in [6.07, 6.45) is 0.